The molecule has 1 fully saturated rings. The molecule has 2 aromatic carbocycles. The maximum absolute atomic E-state index is 12.7. The number of fused-ring (bicyclic) bond motifs is 1. The highest BCUT2D eigenvalue weighted by molar-refractivity contribution is 6.36. The van der Waals surface area contributed by atoms with Crippen LogP contribution in [0.1, 0.15) is 40.7 Å². The fraction of sp³-hybridized carbons (Fsp3) is 0.304. The van der Waals surface area contributed by atoms with Gasteiger partial charge in [0.2, 0.25) is 5.91 Å². The Labute approximate surface area is 180 Å². The minimum absolute atomic E-state index is 0.0188. The summed E-state index contributed by atoms with van der Waals surface area (Å²) in [7, 11) is 0. The van der Waals surface area contributed by atoms with E-state index >= 15 is 0 Å². The van der Waals surface area contributed by atoms with E-state index in [1.165, 1.54) is 5.56 Å². The summed E-state index contributed by atoms with van der Waals surface area (Å²) in [4.78, 5) is 27.0. The molecule has 0 atom stereocenters. The lowest BCUT2D eigenvalue weighted by Crippen LogP contribution is -2.52. The van der Waals surface area contributed by atoms with E-state index in [0.717, 1.165) is 5.56 Å². The lowest BCUT2D eigenvalue weighted by molar-refractivity contribution is -0.129. The van der Waals surface area contributed by atoms with Gasteiger partial charge in [-0.05, 0) is 30.7 Å². The highest BCUT2D eigenvalue weighted by atomic mass is 35.5. The Hall–Kier alpha value is -2.30. The summed E-state index contributed by atoms with van der Waals surface area (Å²) in [6.07, 6.45) is 4.87. The van der Waals surface area contributed by atoms with E-state index in [1.807, 2.05) is 37.3 Å². The van der Waals surface area contributed by atoms with Crippen LogP contribution < -0.4 is 4.74 Å². The number of carbonyl (C=O) groups is 2. The number of ketones is 1. The predicted molar refractivity (Wildman–Crippen MR) is 115 cm³/mol. The van der Waals surface area contributed by atoms with Crippen molar-refractivity contribution in [1.82, 2.24) is 4.90 Å². The number of rotatable bonds is 2. The second-order valence-corrected chi connectivity index (χ2v) is 8.56. The maximum Gasteiger partial charge on any atom is 0.246 e. The second-order valence-electron chi connectivity index (χ2n) is 7.72. The number of ether oxygens (including phenoxy) is 1. The number of halogens is 2. The van der Waals surface area contributed by atoms with Crippen LogP contribution in [0.25, 0.3) is 6.08 Å². The van der Waals surface area contributed by atoms with Gasteiger partial charge < -0.3 is 9.64 Å². The second kappa shape index (κ2) is 7.85. The average Bonchev–Trinajstić information content (AvgIpc) is 2.69. The lowest BCUT2D eigenvalue weighted by Gasteiger charge is -2.44. The number of Topliss-reactive ketones (excluding diaryl/α,β-unsaturated/α-hetero) is 1. The smallest absolute Gasteiger partial charge is 0.246 e. The molecule has 0 aromatic heterocycles. The molecule has 2 aromatic rings. The highest BCUT2D eigenvalue weighted by Crippen LogP contribution is 2.44. The van der Waals surface area contributed by atoms with Crippen LogP contribution in [0.4, 0.5) is 0 Å². The summed E-state index contributed by atoms with van der Waals surface area (Å²) in [5, 5.41) is 0.766. The van der Waals surface area contributed by atoms with Crippen LogP contribution in [0, 0.1) is 6.92 Å². The van der Waals surface area contributed by atoms with E-state index in [9.17, 15) is 9.59 Å². The Morgan fingerprint density at radius 3 is 2.52 bits per heavy atom. The zero-order valence-electron chi connectivity index (χ0n) is 16.1. The summed E-state index contributed by atoms with van der Waals surface area (Å²) in [6, 6.07) is 11.2. The van der Waals surface area contributed by atoms with E-state index in [0.29, 0.717) is 47.3 Å². The Kier molecular flexibility index (Phi) is 5.41. The first-order valence-electron chi connectivity index (χ1n) is 9.60. The van der Waals surface area contributed by atoms with Crippen molar-refractivity contribution in [2.24, 2.45) is 0 Å². The molecule has 6 heteroatoms. The van der Waals surface area contributed by atoms with Gasteiger partial charge in [0.05, 0.1) is 17.0 Å². The van der Waals surface area contributed by atoms with E-state index in [4.69, 9.17) is 27.9 Å². The van der Waals surface area contributed by atoms with Crippen LogP contribution in [0.5, 0.6) is 5.75 Å². The van der Waals surface area contributed by atoms with Crippen molar-refractivity contribution in [3.8, 4) is 5.75 Å². The first-order valence-corrected chi connectivity index (χ1v) is 10.4. The van der Waals surface area contributed by atoms with Gasteiger partial charge in [0, 0.05) is 37.0 Å². The number of carbonyl (C=O) groups excluding carboxylic acids is 2. The Balaban J connectivity index is 1.43. The Morgan fingerprint density at radius 1 is 1.14 bits per heavy atom. The van der Waals surface area contributed by atoms with Crippen LogP contribution in [-0.2, 0) is 4.79 Å². The summed E-state index contributed by atoms with van der Waals surface area (Å²) in [6.45, 7) is 3.09. The van der Waals surface area contributed by atoms with Gasteiger partial charge in [-0.15, -0.1) is 0 Å². The van der Waals surface area contributed by atoms with Crippen LogP contribution in [-0.4, -0.2) is 35.3 Å². The Morgan fingerprint density at radius 2 is 1.83 bits per heavy atom. The standard InChI is InChI=1S/C23H21Cl2NO3/c1-15-2-4-16(5-3-15)6-7-21(28)26-10-8-23(9-11-26)14-20(27)18-12-17(24)13-19(25)22(18)29-23/h2-7,12-13H,8-11,14H2,1H3/b7-6+. The monoisotopic (exact) mass is 429 g/mol. The number of nitrogens with zero attached hydrogens (tertiary/aromatic N) is 1. The molecule has 2 aliphatic heterocycles. The molecule has 0 saturated carbocycles. The fourth-order valence-electron chi connectivity index (χ4n) is 3.88. The van der Waals surface area contributed by atoms with Crippen molar-refractivity contribution < 1.29 is 14.3 Å². The zero-order chi connectivity index (χ0) is 20.6. The summed E-state index contributed by atoms with van der Waals surface area (Å²) in [5.74, 6) is 0.355. The molecule has 1 spiro atoms. The normalized spacial score (nSPS) is 18.0. The first-order chi connectivity index (χ1) is 13.8. The van der Waals surface area contributed by atoms with Crippen molar-refractivity contribution in [2.75, 3.05) is 13.1 Å². The van der Waals surface area contributed by atoms with Gasteiger partial charge in [0.25, 0.3) is 0 Å². The van der Waals surface area contributed by atoms with Crippen LogP contribution in [0.3, 0.4) is 0 Å². The lowest BCUT2D eigenvalue weighted by atomic mass is 9.82. The maximum atomic E-state index is 12.7. The van der Waals surface area contributed by atoms with Gasteiger partial charge in [-0.25, -0.2) is 0 Å². The molecular weight excluding hydrogens is 409 g/mol. The van der Waals surface area contributed by atoms with E-state index in [1.54, 1.807) is 23.1 Å². The van der Waals surface area contributed by atoms with Crippen LogP contribution in [0.2, 0.25) is 10.0 Å². The van der Waals surface area contributed by atoms with E-state index < -0.39 is 5.60 Å². The number of piperidine rings is 1. The Bertz CT molecular complexity index is 990. The molecule has 2 heterocycles. The predicted octanol–water partition coefficient (Wildman–Crippen LogP) is 5.34. The third-order valence-electron chi connectivity index (χ3n) is 5.59. The minimum atomic E-state index is -0.612. The number of benzene rings is 2. The third-order valence-corrected chi connectivity index (χ3v) is 6.09. The molecule has 150 valence electrons. The van der Waals surface area contributed by atoms with Crippen LogP contribution >= 0.6 is 23.2 Å². The molecule has 29 heavy (non-hydrogen) atoms. The SMILES string of the molecule is Cc1ccc(/C=C/C(=O)N2CCC3(CC2)CC(=O)c2cc(Cl)cc(Cl)c2O3)cc1. The van der Waals surface area contributed by atoms with Gasteiger partial charge >= 0.3 is 0 Å². The first kappa shape index (κ1) is 20.0. The van der Waals surface area contributed by atoms with Gasteiger partial charge in [-0.2, -0.15) is 0 Å². The number of hydrogen-bond acceptors (Lipinski definition) is 3. The molecule has 1 amide bonds. The van der Waals surface area contributed by atoms with Crippen LogP contribution in [0.15, 0.2) is 42.5 Å². The molecule has 0 bridgehead atoms. The number of hydrogen-bond donors (Lipinski definition) is 0. The average molecular weight is 430 g/mol. The molecule has 0 unspecified atom stereocenters. The van der Waals surface area contributed by atoms with Gasteiger partial charge in [-0.3, -0.25) is 9.59 Å². The van der Waals surface area contributed by atoms with Crippen molar-refractivity contribution in [3.05, 3.63) is 69.2 Å². The molecular formula is C23H21Cl2NO3. The topological polar surface area (TPSA) is 46.6 Å². The third kappa shape index (κ3) is 4.19. The molecule has 2 aliphatic rings. The van der Waals surface area contributed by atoms with Crippen molar-refractivity contribution >= 4 is 41.0 Å². The molecule has 0 aliphatic carbocycles. The number of likely N-dealkylation sites (tertiary alicyclic amines) is 1. The molecule has 0 N–H and O–H groups in total. The van der Waals surface area contributed by atoms with Crippen molar-refractivity contribution in [1.29, 1.82) is 0 Å². The quantitative estimate of drug-likeness (QED) is 0.605. The van der Waals surface area contributed by atoms with Gasteiger partial charge in [0.1, 0.15) is 11.4 Å². The zero-order valence-corrected chi connectivity index (χ0v) is 17.6. The summed E-state index contributed by atoms with van der Waals surface area (Å²) >= 11 is 12.3. The molecule has 4 nitrogen and oxygen atoms in total. The highest BCUT2D eigenvalue weighted by Gasteiger charge is 2.44. The van der Waals surface area contributed by atoms with Crippen molar-refractivity contribution in [3.63, 3.8) is 0 Å². The van der Waals surface area contributed by atoms with E-state index in [-0.39, 0.29) is 18.1 Å². The van der Waals surface area contributed by atoms with E-state index in [2.05, 4.69) is 0 Å². The minimum Gasteiger partial charge on any atom is -0.484 e. The fourth-order valence-corrected chi connectivity index (χ4v) is 4.41. The molecule has 0 radical (unpaired) electrons. The largest absolute Gasteiger partial charge is 0.484 e. The summed E-state index contributed by atoms with van der Waals surface area (Å²) < 4.78 is 6.22. The molecule has 1 saturated heterocycles. The van der Waals surface area contributed by atoms with Gasteiger partial charge in [0.15, 0.2) is 5.78 Å². The summed E-state index contributed by atoms with van der Waals surface area (Å²) in [5.41, 5.74) is 2.00. The molecule has 4 rings (SSSR count). The van der Waals surface area contributed by atoms with Gasteiger partial charge in [-0.1, -0.05) is 53.0 Å². The number of aryl methyl sites for hydroxylation is 1. The number of amides is 1. The van der Waals surface area contributed by atoms with Crippen molar-refractivity contribution in [2.45, 2.75) is 31.8 Å².